The molecule has 0 aliphatic carbocycles. The lowest BCUT2D eigenvalue weighted by Gasteiger charge is -2.31. The Morgan fingerprint density at radius 1 is 1.21 bits per heavy atom. The second-order valence-electron chi connectivity index (χ2n) is 8.75. The molecule has 0 bridgehead atoms. The van der Waals surface area contributed by atoms with Crippen molar-refractivity contribution in [2.24, 2.45) is 11.8 Å². The summed E-state index contributed by atoms with van der Waals surface area (Å²) in [7, 11) is 0. The first-order valence-corrected chi connectivity index (χ1v) is 10.7. The topological polar surface area (TPSA) is 36.9 Å². The molecule has 156 valence electrons. The van der Waals surface area contributed by atoms with E-state index in [2.05, 4.69) is 32.1 Å². The van der Waals surface area contributed by atoms with Crippen LogP contribution in [-0.2, 0) is 25.6 Å². The van der Waals surface area contributed by atoms with Gasteiger partial charge in [-0.25, -0.2) is 0 Å². The van der Waals surface area contributed by atoms with Crippen LogP contribution in [0.2, 0.25) is 0 Å². The molecule has 0 N–H and O–H groups in total. The minimum absolute atomic E-state index is 0.181. The largest absolute Gasteiger partial charge is 0.495 e. The molecule has 4 nitrogen and oxygen atoms in total. The Kier molecular flexibility index (Phi) is 7.55. The van der Waals surface area contributed by atoms with Crippen molar-refractivity contribution < 1.29 is 18.9 Å². The van der Waals surface area contributed by atoms with Crippen molar-refractivity contribution >= 4 is 0 Å². The van der Waals surface area contributed by atoms with Gasteiger partial charge in [-0.1, -0.05) is 44.2 Å². The number of hydrogen-bond donors (Lipinski definition) is 0. The molecule has 2 heterocycles. The van der Waals surface area contributed by atoms with Crippen LogP contribution in [0.3, 0.4) is 0 Å². The predicted molar refractivity (Wildman–Crippen MR) is 111 cm³/mol. The maximum absolute atomic E-state index is 6.31. The lowest BCUT2D eigenvalue weighted by Crippen LogP contribution is -2.28. The molecular formula is C24H36O4. The maximum Gasteiger partial charge on any atom is 0.163 e. The van der Waals surface area contributed by atoms with Gasteiger partial charge in [-0.15, -0.1) is 0 Å². The van der Waals surface area contributed by atoms with E-state index in [-0.39, 0.29) is 12.2 Å². The monoisotopic (exact) mass is 388 g/mol. The second kappa shape index (κ2) is 9.91. The highest BCUT2D eigenvalue weighted by Crippen LogP contribution is 2.32. The van der Waals surface area contributed by atoms with Crippen LogP contribution < -0.4 is 0 Å². The second-order valence-corrected chi connectivity index (χ2v) is 8.75. The van der Waals surface area contributed by atoms with E-state index in [4.69, 9.17) is 18.9 Å². The summed E-state index contributed by atoms with van der Waals surface area (Å²) < 4.78 is 23.9. The summed E-state index contributed by atoms with van der Waals surface area (Å²) in [4.78, 5) is 0. The SMILES string of the molecule is C[C@@H](CCC1=CC[C@H](C)[C@@H](CCOCc2ccccc2)O1)[C@@H]1COC(C)(C)O1. The quantitative estimate of drug-likeness (QED) is 0.526. The zero-order valence-electron chi connectivity index (χ0n) is 17.9. The van der Waals surface area contributed by atoms with Crippen LogP contribution >= 0.6 is 0 Å². The lowest BCUT2D eigenvalue weighted by atomic mass is 9.93. The summed E-state index contributed by atoms with van der Waals surface area (Å²) >= 11 is 0. The van der Waals surface area contributed by atoms with E-state index < -0.39 is 5.79 Å². The van der Waals surface area contributed by atoms with Gasteiger partial charge in [-0.2, -0.15) is 0 Å². The average Bonchev–Trinajstić information content (AvgIpc) is 3.06. The molecule has 4 atom stereocenters. The van der Waals surface area contributed by atoms with Gasteiger partial charge in [0.1, 0.15) is 6.10 Å². The number of hydrogen-bond acceptors (Lipinski definition) is 4. The van der Waals surface area contributed by atoms with Crippen LogP contribution in [0.1, 0.15) is 58.9 Å². The summed E-state index contributed by atoms with van der Waals surface area (Å²) in [5, 5.41) is 0. The summed E-state index contributed by atoms with van der Waals surface area (Å²) in [6, 6.07) is 10.3. The highest BCUT2D eigenvalue weighted by molar-refractivity contribution is 5.13. The molecule has 0 aromatic heterocycles. The van der Waals surface area contributed by atoms with E-state index in [1.807, 2.05) is 32.0 Å². The van der Waals surface area contributed by atoms with Crippen molar-refractivity contribution in [3.63, 3.8) is 0 Å². The zero-order chi connectivity index (χ0) is 20.0. The van der Waals surface area contributed by atoms with E-state index in [0.717, 1.165) is 38.0 Å². The van der Waals surface area contributed by atoms with Gasteiger partial charge in [0, 0.05) is 12.8 Å². The molecule has 0 unspecified atom stereocenters. The first-order chi connectivity index (χ1) is 13.4. The van der Waals surface area contributed by atoms with E-state index >= 15 is 0 Å². The Morgan fingerprint density at radius 3 is 2.71 bits per heavy atom. The summed E-state index contributed by atoms with van der Waals surface area (Å²) in [5.74, 6) is 1.68. The van der Waals surface area contributed by atoms with Crippen molar-refractivity contribution in [1.82, 2.24) is 0 Å². The van der Waals surface area contributed by atoms with Crippen molar-refractivity contribution in [3.05, 3.63) is 47.7 Å². The minimum Gasteiger partial charge on any atom is -0.495 e. The molecule has 2 aliphatic heterocycles. The fourth-order valence-corrected chi connectivity index (χ4v) is 3.85. The predicted octanol–water partition coefficient (Wildman–Crippen LogP) is 5.47. The van der Waals surface area contributed by atoms with Crippen LogP contribution in [0, 0.1) is 11.8 Å². The van der Waals surface area contributed by atoms with Gasteiger partial charge in [0.15, 0.2) is 5.79 Å². The number of allylic oxidation sites excluding steroid dienone is 2. The molecule has 3 rings (SSSR count). The first kappa shape index (κ1) is 21.4. The van der Waals surface area contributed by atoms with Gasteiger partial charge < -0.3 is 18.9 Å². The van der Waals surface area contributed by atoms with Crippen LogP contribution in [0.5, 0.6) is 0 Å². The van der Waals surface area contributed by atoms with E-state index in [9.17, 15) is 0 Å². The van der Waals surface area contributed by atoms with Crippen molar-refractivity contribution in [1.29, 1.82) is 0 Å². The Labute approximate surface area is 170 Å². The van der Waals surface area contributed by atoms with Gasteiger partial charge in [0.05, 0.1) is 31.7 Å². The zero-order valence-corrected chi connectivity index (χ0v) is 17.9. The fraction of sp³-hybridized carbons (Fsp3) is 0.667. The van der Waals surface area contributed by atoms with Gasteiger partial charge >= 0.3 is 0 Å². The lowest BCUT2D eigenvalue weighted by molar-refractivity contribution is -0.144. The van der Waals surface area contributed by atoms with Crippen LogP contribution in [0.4, 0.5) is 0 Å². The Bertz CT molecular complexity index is 625. The molecule has 28 heavy (non-hydrogen) atoms. The van der Waals surface area contributed by atoms with Crippen molar-refractivity contribution in [3.8, 4) is 0 Å². The van der Waals surface area contributed by atoms with Gasteiger partial charge in [0.25, 0.3) is 0 Å². The summed E-state index contributed by atoms with van der Waals surface area (Å²) in [6.07, 6.45) is 6.75. The normalized spacial score (nSPS) is 27.9. The van der Waals surface area contributed by atoms with Gasteiger partial charge in [0.2, 0.25) is 0 Å². The van der Waals surface area contributed by atoms with Crippen LogP contribution in [-0.4, -0.2) is 31.2 Å². The third-order valence-corrected chi connectivity index (χ3v) is 5.82. The van der Waals surface area contributed by atoms with E-state index in [1.54, 1.807) is 0 Å². The standard InChI is InChI=1S/C24H36O4/c1-18-10-12-21(13-11-19(2)23-17-26-24(3,4)28-23)27-22(18)14-15-25-16-20-8-6-5-7-9-20/h5-9,12,18-19,22-23H,10-11,13-17H2,1-4H3/t18-,19-,22+,23-/m0/s1. The molecule has 1 aromatic carbocycles. The molecule has 0 saturated carbocycles. The Balaban J connectivity index is 1.37. The average molecular weight is 389 g/mol. The third kappa shape index (κ3) is 6.33. The Morgan fingerprint density at radius 2 is 2.00 bits per heavy atom. The summed E-state index contributed by atoms with van der Waals surface area (Å²) in [6.45, 7) is 10.6. The van der Waals surface area contributed by atoms with E-state index in [0.29, 0.717) is 25.0 Å². The highest BCUT2D eigenvalue weighted by Gasteiger charge is 2.35. The van der Waals surface area contributed by atoms with Crippen molar-refractivity contribution in [2.45, 2.75) is 78.0 Å². The van der Waals surface area contributed by atoms with Crippen LogP contribution in [0.25, 0.3) is 0 Å². The molecule has 0 amide bonds. The van der Waals surface area contributed by atoms with Crippen molar-refractivity contribution in [2.75, 3.05) is 13.2 Å². The van der Waals surface area contributed by atoms with Gasteiger partial charge in [-0.3, -0.25) is 0 Å². The molecule has 1 aromatic rings. The summed E-state index contributed by atoms with van der Waals surface area (Å²) in [5.41, 5.74) is 1.22. The van der Waals surface area contributed by atoms with E-state index in [1.165, 1.54) is 5.56 Å². The maximum atomic E-state index is 6.31. The number of rotatable bonds is 9. The molecule has 1 fully saturated rings. The molecule has 0 radical (unpaired) electrons. The smallest absolute Gasteiger partial charge is 0.163 e. The molecule has 2 aliphatic rings. The number of ether oxygens (including phenoxy) is 4. The molecule has 0 spiro atoms. The first-order valence-electron chi connectivity index (χ1n) is 10.7. The van der Waals surface area contributed by atoms with Gasteiger partial charge in [-0.05, 0) is 50.2 Å². The molecular weight excluding hydrogens is 352 g/mol. The fourth-order valence-electron chi connectivity index (χ4n) is 3.85. The third-order valence-electron chi connectivity index (χ3n) is 5.82. The minimum atomic E-state index is -0.445. The Hall–Kier alpha value is -1.36. The highest BCUT2D eigenvalue weighted by atomic mass is 16.7. The number of benzene rings is 1. The van der Waals surface area contributed by atoms with Crippen LogP contribution in [0.15, 0.2) is 42.2 Å². The molecule has 1 saturated heterocycles. The molecule has 4 heteroatoms.